The van der Waals surface area contributed by atoms with E-state index in [0.29, 0.717) is 6.42 Å². The molecule has 0 aromatic heterocycles. The van der Waals surface area contributed by atoms with Crippen molar-refractivity contribution in [2.45, 2.75) is 43.6 Å². The number of benzene rings is 1. The van der Waals surface area contributed by atoms with Gasteiger partial charge in [0.1, 0.15) is 6.10 Å². The first kappa shape index (κ1) is 13.1. The van der Waals surface area contributed by atoms with Crippen LogP contribution >= 0.6 is 0 Å². The summed E-state index contributed by atoms with van der Waals surface area (Å²) in [7, 11) is -3.47. The van der Waals surface area contributed by atoms with Crippen molar-refractivity contribution in [3.63, 3.8) is 0 Å². The maximum Gasteiger partial charge on any atom is 0.223 e. The van der Waals surface area contributed by atoms with Gasteiger partial charge in [-0.05, 0) is 25.0 Å². The van der Waals surface area contributed by atoms with E-state index in [4.69, 9.17) is 4.84 Å². The second-order valence-corrected chi connectivity index (χ2v) is 6.32. The maximum atomic E-state index is 12.2. The van der Waals surface area contributed by atoms with Crippen molar-refractivity contribution in [3.8, 4) is 0 Å². The largest absolute Gasteiger partial charge is 0.391 e. The zero-order valence-corrected chi connectivity index (χ0v) is 11.2. The predicted molar refractivity (Wildman–Crippen MR) is 70.1 cm³/mol. The third-order valence-electron chi connectivity index (χ3n) is 2.95. The molecule has 98 valence electrons. The van der Waals surface area contributed by atoms with Gasteiger partial charge >= 0.3 is 0 Å². The zero-order valence-electron chi connectivity index (χ0n) is 10.4. The van der Waals surface area contributed by atoms with Crippen LogP contribution in [0.1, 0.15) is 32.6 Å². The third kappa shape index (κ3) is 2.72. The van der Waals surface area contributed by atoms with Gasteiger partial charge in [0.2, 0.25) is 9.84 Å². The third-order valence-corrected chi connectivity index (χ3v) is 4.70. The van der Waals surface area contributed by atoms with Gasteiger partial charge in [-0.25, -0.2) is 8.42 Å². The molecule has 0 N–H and O–H groups in total. The van der Waals surface area contributed by atoms with Crippen LogP contribution in [0.25, 0.3) is 0 Å². The molecule has 0 fully saturated rings. The molecule has 2 rings (SSSR count). The smallest absolute Gasteiger partial charge is 0.223 e. The second kappa shape index (κ2) is 5.52. The van der Waals surface area contributed by atoms with Gasteiger partial charge in [-0.1, -0.05) is 36.7 Å². The van der Waals surface area contributed by atoms with E-state index >= 15 is 0 Å². The summed E-state index contributed by atoms with van der Waals surface area (Å²) >= 11 is 0. The molecule has 1 aromatic carbocycles. The van der Waals surface area contributed by atoms with Crippen molar-refractivity contribution >= 4 is 14.9 Å². The lowest BCUT2D eigenvalue weighted by molar-refractivity contribution is 0.0775. The number of hydrogen-bond acceptors (Lipinski definition) is 4. The Balaban J connectivity index is 2.10. The Kier molecular flexibility index (Phi) is 4.01. The molecular weight excluding hydrogens is 250 g/mol. The highest BCUT2D eigenvalue weighted by Gasteiger charge is 2.31. The fourth-order valence-electron chi connectivity index (χ4n) is 1.88. The van der Waals surface area contributed by atoms with Gasteiger partial charge in [0.25, 0.3) is 0 Å². The molecule has 1 unspecified atom stereocenters. The topological polar surface area (TPSA) is 55.7 Å². The highest BCUT2D eigenvalue weighted by Crippen LogP contribution is 2.23. The van der Waals surface area contributed by atoms with E-state index in [0.717, 1.165) is 19.3 Å². The molecule has 0 spiro atoms. The van der Waals surface area contributed by atoms with Gasteiger partial charge in [0.15, 0.2) is 5.04 Å². The molecule has 18 heavy (non-hydrogen) atoms. The fraction of sp³-hybridized carbons (Fsp3) is 0.462. The van der Waals surface area contributed by atoms with Crippen LogP contribution in [0.2, 0.25) is 0 Å². The normalized spacial score (nSPS) is 19.4. The summed E-state index contributed by atoms with van der Waals surface area (Å²) in [5.74, 6) is 0. The van der Waals surface area contributed by atoms with Crippen molar-refractivity contribution in [2.75, 3.05) is 0 Å². The Morgan fingerprint density at radius 3 is 2.72 bits per heavy atom. The second-order valence-electron chi connectivity index (χ2n) is 4.38. The number of rotatable bonds is 4. The van der Waals surface area contributed by atoms with Crippen molar-refractivity contribution in [2.24, 2.45) is 5.16 Å². The van der Waals surface area contributed by atoms with Gasteiger partial charge in [-0.15, -0.1) is 0 Å². The van der Waals surface area contributed by atoms with Crippen LogP contribution in [-0.4, -0.2) is 19.6 Å². The zero-order chi connectivity index (χ0) is 13.0. The Morgan fingerprint density at radius 2 is 2.06 bits per heavy atom. The summed E-state index contributed by atoms with van der Waals surface area (Å²) in [6.45, 7) is 2.09. The van der Waals surface area contributed by atoms with Crippen molar-refractivity contribution in [3.05, 3.63) is 30.3 Å². The van der Waals surface area contributed by atoms with Crippen LogP contribution in [-0.2, 0) is 14.7 Å². The number of hydrogen-bond donors (Lipinski definition) is 0. The molecule has 4 nitrogen and oxygen atoms in total. The van der Waals surface area contributed by atoms with E-state index < -0.39 is 9.84 Å². The molecule has 0 aliphatic carbocycles. The first-order valence-electron chi connectivity index (χ1n) is 6.17. The molecule has 0 radical (unpaired) electrons. The average molecular weight is 267 g/mol. The van der Waals surface area contributed by atoms with Gasteiger partial charge < -0.3 is 4.84 Å². The van der Waals surface area contributed by atoms with Crippen LogP contribution in [0.15, 0.2) is 40.4 Å². The Hall–Kier alpha value is -1.36. The van der Waals surface area contributed by atoms with Crippen LogP contribution < -0.4 is 0 Å². The minimum Gasteiger partial charge on any atom is -0.391 e. The van der Waals surface area contributed by atoms with Crippen LogP contribution in [0, 0.1) is 0 Å². The van der Waals surface area contributed by atoms with Crippen molar-refractivity contribution < 1.29 is 13.3 Å². The van der Waals surface area contributed by atoms with Crippen LogP contribution in [0.3, 0.4) is 0 Å². The minimum atomic E-state index is -3.47. The lowest BCUT2D eigenvalue weighted by Crippen LogP contribution is -2.16. The van der Waals surface area contributed by atoms with E-state index in [2.05, 4.69) is 12.1 Å². The Labute approximate surface area is 108 Å². The molecule has 0 amide bonds. The molecule has 0 saturated carbocycles. The van der Waals surface area contributed by atoms with Crippen molar-refractivity contribution in [1.29, 1.82) is 0 Å². The highest BCUT2D eigenvalue weighted by atomic mass is 32.2. The molecule has 1 aliphatic heterocycles. The molecule has 1 atom stereocenters. The highest BCUT2D eigenvalue weighted by molar-refractivity contribution is 8.06. The monoisotopic (exact) mass is 267 g/mol. The molecule has 0 bridgehead atoms. The van der Waals surface area contributed by atoms with Crippen LogP contribution in [0.5, 0.6) is 0 Å². The summed E-state index contributed by atoms with van der Waals surface area (Å²) in [5, 5.41) is 3.89. The average Bonchev–Trinajstić information content (AvgIpc) is 2.87. The Morgan fingerprint density at radius 1 is 1.33 bits per heavy atom. The first-order chi connectivity index (χ1) is 8.64. The van der Waals surface area contributed by atoms with E-state index in [1.54, 1.807) is 30.3 Å². The van der Waals surface area contributed by atoms with Gasteiger partial charge in [0, 0.05) is 6.42 Å². The van der Waals surface area contributed by atoms with Gasteiger partial charge in [-0.3, -0.25) is 0 Å². The van der Waals surface area contributed by atoms with E-state index in [-0.39, 0.29) is 16.0 Å². The maximum absolute atomic E-state index is 12.2. The Bertz CT molecular complexity index is 522. The van der Waals surface area contributed by atoms with E-state index in [1.165, 1.54) is 0 Å². The lowest BCUT2D eigenvalue weighted by atomic mass is 10.1. The molecular formula is C13H17NO3S. The predicted octanol–water partition coefficient (Wildman–Crippen LogP) is 2.75. The molecule has 1 heterocycles. The summed E-state index contributed by atoms with van der Waals surface area (Å²) in [6, 6.07) is 8.36. The number of nitrogens with zero attached hydrogens (tertiary/aromatic N) is 1. The fourth-order valence-corrected chi connectivity index (χ4v) is 3.22. The molecule has 1 aliphatic rings. The summed E-state index contributed by atoms with van der Waals surface area (Å²) in [5.41, 5.74) is 0. The summed E-state index contributed by atoms with van der Waals surface area (Å²) < 4.78 is 24.5. The molecule has 5 heteroatoms. The standard InChI is InChI=1S/C13H17NO3S/c1-2-3-7-11-10-13(14-17-11)18(15,16)12-8-5-4-6-9-12/h4-6,8-9,11H,2-3,7,10H2,1H3. The SMILES string of the molecule is CCCCC1CC(S(=O)(=O)c2ccccc2)=NO1. The van der Waals surface area contributed by atoms with Crippen molar-refractivity contribution in [1.82, 2.24) is 0 Å². The lowest BCUT2D eigenvalue weighted by Gasteiger charge is -2.06. The molecule has 1 aromatic rings. The number of sulfone groups is 1. The van der Waals surface area contributed by atoms with Crippen LogP contribution in [0.4, 0.5) is 0 Å². The quantitative estimate of drug-likeness (QED) is 0.842. The molecule has 0 saturated heterocycles. The number of oxime groups is 1. The van der Waals surface area contributed by atoms with Gasteiger partial charge in [0.05, 0.1) is 4.90 Å². The van der Waals surface area contributed by atoms with E-state index in [9.17, 15) is 8.42 Å². The first-order valence-corrected chi connectivity index (χ1v) is 7.65. The minimum absolute atomic E-state index is 0.0848. The van der Waals surface area contributed by atoms with E-state index in [1.807, 2.05) is 0 Å². The number of unbranched alkanes of at least 4 members (excludes halogenated alkanes) is 1. The van der Waals surface area contributed by atoms with Gasteiger partial charge in [-0.2, -0.15) is 0 Å². The summed E-state index contributed by atoms with van der Waals surface area (Å²) in [6.07, 6.45) is 3.25. The summed E-state index contributed by atoms with van der Waals surface area (Å²) in [4.78, 5) is 5.47.